The van der Waals surface area contributed by atoms with Gasteiger partial charge < -0.3 is 4.90 Å². The van der Waals surface area contributed by atoms with Crippen LogP contribution in [0.1, 0.15) is 17.5 Å². The largest absolute Gasteiger partial charge is 0.348 e. The number of fused-ring (bicyclic) bond motifs is 2. The Hall–Kier alpha value is -2.22. The third-order valence-corrected chi connectivity index (χ3v) is 7.76. The highest BCUT2D eigenvalue weighted by Crippen LogP contribution is 2.49. The third-order valence-electron chi connectivity index (χ3n) is 5.79. The van der Waals surface area contributed by atoms with Crippen LogP contribution < -0.4 is 0 Å². The molecule has 2 heterocycles. The first kappa shape index (κ1) is 19.1. The molecule has 1 amide bonds. The van der Waals surface area contributed by atoms with Crippen molar-refractivity contribution in [2.75, 3.05) is 33.7 Å². The number of carbonyl (C=O) groups is 1. The molecule has 1 saturated heterocycles. The Morgan fingerprint density at radius 2 is 1.75 bits per heavy atom. The summed E-state index contributed by atoms with van der Waals surface area (Å²) in [4.78, 5) is 16.2. The van der Waals surface area contributed by atoms with E-state index in [9.17, 15) is 13.2 Å². The van der Waals surface area contributed by atoms with Crippen molar-refractivity contribution in [1.82, 2.24) is 14.1 Å². The van der Waals surface area contributed by atoms with Gasteiger partial charge in [0.1, 0.15) is 0 Å². The lowest BCUT2D eigenvalue weighted by atomic mass is 9.88. The van der Waals surface area contributed by atoms with Gasteiger partial charge in [-0.3, -0.25) is 9.69 Å². The predicted octanol–water partition coefficient (Wildman–Crippen LogP) is 1.88. The SMILES string of the molecule is CN(C)C(=O)CN1CC[C@@]2(C1)c1ccccc1S(=O)(=O)N2Cc1ccccc1. The van der Waals surface area contributed by atoms with Crippen molar-refractivity contribution >= 4 is 15.9 Å². The lowest BCUT2D eigenvalue weighted by Crippen LogP contribution is -2.46. The molecule has 0 N–H and O–H groups in total. The summed E-state index contributed by atoms with van der Waals surface area (Å²) in [6.45, 7) is 1.84. The standard InChI is InChI=1S/C21H25N3O3S/c1-22(2)20(25)15-23-13-12-21(16-23)18-10-6-7-11-19(18)28(26,27)24(21)14-17-8-4-3-5-9-17/h3-11H,12-16H2,1-2H3/t21-/m1/s1. The van der Waals surface area contributed by atoms with Gasteiger partial charge in [-0.2, -0.15) is 4.31 Å². The highest BCUT2D eigenvalue weighted by Gasteiger charge is 2.56. The number of amides is 1. The van der Waals surface area contributed by atoms with E-state index < -0.39 is 15.6 Å². The van der Waals surface area contributed by atoms with Crippen molar-refractivity contribution in [3.8, 4) is 0 Å². The summed E-state index contributed by atoms with van der Waals surface area (Å²) in [6.07, 6.45) is 0.677. The second-order valence-corrected chi connectivity index (χ2v) is 9.60. The van der Waals surface area contributed by atoms with Crippen molar-refractivity contribution in [3.63, 3.8) is 0 Å². The molecule has 1 spiro atoms. The van der Waals surface area contributed by atoms with Crippen LogP contribution >= 0.6 is 0 Å². The molecule has 7 heteroatoms. The minimum absolute atomic E-state index is 0.0285. The normalized spacial score (nSPS) is 23.8. The van der Waals surface area contributed by atoms with Gasteiger partial charge in [-0.15, -0.1) is 0 Å². The van der Waals surface area contributed by atoms with E-state index in [2.05, 4.69) is 4.90 Å². The molecule has 0 aromatic heterocycles. The molecule has 0 unspecified atom stereocenters. The summed E-state index contributed by atoms with van der Waals surface area (Å²) in [5, 5.41) is 0. The molecule has 0 radical (unpaired) electrons. The van der Waals surface area contributed by atoms with Crippen molar-refractivity contribution in [1.29, 1.82) is 0 Å². The maximum atomic E-state index is 13.4. The van der Waals surface area contributed by atoms with E-state index in [0.29, 0.717) is 37.5 Å². The maximum absolute atomic E-state index is 13.4. The van der Waals surface area contributed by atoms with Gasteiger partial charge in [0.15, 0.2) is 0 Å². The summed E-state index contributed by atoms with van der Waals surface area (Å²) in [5.74, 6) is 0.0285. The number of likely N-dealkylation sites (tertiary alicyclic amines) is 1. The third kappa shape index (κ3) is 3.03. The second kappa shape index (κ2) is 6.99. The Morgan fingerprint density at radius 3 is 2.46 bits per heavy atom. The molecule has 6 nitrogen and oxygen atoms in total. The van der Waals surface area contributed by atoms with E-state index in [1.165, 1.54) is 0 Å². The molecule has 2 aliphatic rings. The van der Waals surface area contributed by atoms with Crippen molar-refractivity contribution in [3.05, 3.63) is 65.7 Å². The number of hydrogen-bond acceptors (Lipinski definition) is 4. The molecule has 0 bridgehead atoms. The first-order valence-corrected chi connectivity index (χ1v) is 10.9. The van der Waals surface area contributed by atoms with Crippen LogP contribution in [-0.4, -0.2) is 62.2 Å². The molecule has 148 valence electrons. The predicted molar refractivity (Wildman–Crippen MR) is 107 cm³/mol. The van der Waals surface area contributed by atoms with Gasteiger partial charge in [-0.25, -0.2) is 8.42 Å². The van der Waals surface area contributed by atoms with E-state index in [-0.39, 0.29) is 5.91 Å². The summed E-state index contributed by atoms with van der Waals surface area (Å²) in [7, 11) is -0.111. The Morgan fingerprint density at radius 1 is 1.07 bits per heavy atom. The fraction of sp³-hybridized carbons (Fsp3) is 0.381. The van der Waals surface area contributed by atoms with Gasteiger partial charge in [0.2, 0.25) is 15.9 Å². The summed E-state index contributed by atoms with van der Waals surface area (Å²) >= 11 is 0. The van der Waals surface area contributed by atoms with Gasteiger partial charge >= 0.3 is 0 Å². The number of rotatable bonds is 4. The topological polar surface area (TPSA) is 60.9 Å². The highest BCUT2D eigenvalue weighted by molar-refractivity contribution is 7.89. The van der Waals surface area contributed by atoms with Gasteiger partial charge in [-0.05, 0) is 23.6 Å². The average Bonchev–Trinajstić information content (AvgIpc) is 3.17. The number of likely N-dealkylation sites (N-methyl/N-ethyl adjacent to an activating group) is 1. The van der Waals surface area contributed by atoms with Crippen LogP contribution in [0.15, 0.2) is 59.5 Å². The smallest absolute Gasteiger partial charge is 0.244 e. The van der Waals surface area contributed by atoms with Crippen LogP contribution in [0.25, 0.3) is 0 Å². The molecule has 1 atom stereocenters. The fourth-order valence-electron chi connectivity index (χ4n) is 4.31. The van der Waals surface area contributed by atoms with Crippen molar-refractivity contribution in [2.45, 2.75) is 23.4 Å². The Kier molecular flexibility index (Phi) is 4.77. The highest BCUT2D eigenvalue weighted by atomic mass is 32.2. The number of sulfonamides is 1. The zero-order chi connectivity index (χ0) is 19.9. The number of benzene rings is 2. The van der Waals surface area contributed by atoms with Crippen LogP contribution in [-0.2, 0) is 26.9 Å². The van der Waals surface area contributed by atoms with E-state index >= 15 is 0 Å². The quantitative estimate of drug-likeness (QED) is 0.788. The minimum atomic E-state index is -3.59. The van der Waals surface area contributed by atoms with E-state index in [0.717, 1.165) is 11.1 Å². The summed E-state index contributed by atoms with van der Waals surface area (Å²) in [5.41, 5.74) is 1.18. The van der Waals surface area contributed by atoms with Crippen LogP contribution in [0, 0.1) is 0 Å². The Labute approximate surface area is 166 Å². The number of hydrogen-bond donors (Lipinski definition) is 0. The molecular weight excluding hydrogens is 374 g/mol. The lowest BCUT2D eigenvalue weighted by molar-refractivity contribution is -0.129. The Balaban J connectivity index is 1.73. The number of carbonyl (C=O) groups excluding carboxylic acids is 1. The van der Waals surface area contributed by atoms with Gasteiger partial charge in [0, 0.05) is 33.7 Å². The monoisotopic (exact) mass is 399 g/mol. The van der Waals surface area contributed by atoms with Crippen molar-refractivity contribution < 1.29 is 13.2 Å². The van der Waals surface area contributed by atoms with Crippen LogP contribution in [0.4, 0.5) is 0 Å². The Bertz CT molecular complexity index is 991. The van der Waals surface area contributed by atoms with E-state index in [1.807, 2.05) is 42.5 Å². The minimum Gasteiger partial charge on any atom is -0.348 e. The molecule has 2 aromatic carbocycles. The molecule has 2 aromatic rings. The lowest BCUT2D eigenvalue weighted by Gasteiger charge is -2.34. The molecular formula is C21H25N3O3S. The van der Waals surface area contributed by atoms with E-state index in [1.54, 1.807) is 35.4 Å². The molecule has 0 aliphatic carbocycles. The molecule has 28 heavy (non-hydrogen) atoms. The maximum Gasteiger partial charge on any atom is 0.244 e. The van der Waals surface area contributed by atoms with E-state index in [4.69, 9.17) is 0 Å². The van der Waals surface area contributed by atoms with Crippen LogP contribution in [0.2, 0.25) is 0 Å². The van der Waals surface area contributed by atoms with Gasteiger partial charge in [0.25, 0.3) is 0 Å². The molecule has 0 saturated carbocycles. The molecule has 1 fully saturated rings. The zero-order valence-electron chi connectivity index (χ0n) is 16.2. The summed E-state index contributed by atoms with van der Waals surface area (Å²) < 4.78 is 28.5. The molecule has 4 rings (SSSR count). The zero-order valence-corrected chi connectivity index (χ0v) is 17.0. The van der Waals surface area contributed by atoms with Crippen LogP contribution in [0.3, 0.4) is 0 Å². The first-order valence-electron chi connectivity index (χ1n) is 9.43. The fourth-order valence-corrected chi connectivity index (χ4v) is 6.36. The first-order chi connectivity index (χ1) is 13.3. The van der Waals surface area contributed by atoms with Gasteiger partial charge in [0.05, 0.1) is 17.0 Å². The molecule has 2 aliphatic heterocycles. The number of nitrogens with zero attached hydrogens (tertiary/aromatic N) is 3. The second-order valence-electron chi connectivity index (χ2n) is 7.77. The van der Waals surface area contributed by atoms with Gasteiger partial charge in [-0.1, -0.05) is 48.5 Å². The van der Waals surface area contributed by atoms with Crippen LogP contribution in [0.5, 0.6) is 0 Å². The summed E-state index contributed by atoms with van der Waals surface area (Å²) in [6, 6.07) is 17.0. The van der Waals surface area contributed by atoms with Crippen molar-refractivity contribution in [2.24, 2.45) is 0 Å². The average molecular weight is 400 g/mol.